The summed E-state index contributed by atoms with van der Waals surface area (Å²) in [7, 11) is 0. The quantitative estimate of drug-likeness (QED) is 0.479. The number of alkyl halides is 1. The van der Waals surface area contributed by atoms with Crippen LogP contribution in [0.25, 0.3) is 0 Å². The van der Waals surface area contributed by atoms with E-state index in [1.165, 1.54) is 0 Å². The molecule has 0 atom stereocenters. The predicted molar refractivity (Wildman–Crippen MR) is 103 cm³/mol. The van der Waals surface area contributed by atoms with Crippen molar-refractivity contribution >= 4 is 11.6 Å². The molecule has 4 nitrogen and oxygen atoms in total. The van der Waals surface area contributed by atoms with Gasteiger partial charge >= 0.3 is 0 Å². The Bertz CT molecular complexity index is 641. The van der Waals surface area contributed by atoms with Crippen LogP contribution in [0.4, 0.5) is 0 Å². The van der Waals surface area contributed by atoms with Crippen molar-refractivity contribution in [2.24, 2.45) is 0 Å². The van der Waals surface area contributed by atoms with E-state index in [1.807, 2.05) is 6.07 Å². The molecule has 25 heavy (non-hydrogen) atoms. The van der Waals surface area contributed by atoms with Crippen molar-refractivity contribution in [3.63, 3.8) is 0 Å². The monoisotopic (exact) mass is 364 g/mol. The van der Waals surface area contributed by atoms with Crippen LogP contribution in [-0.4, -0.2) is 26.3 Å². The SMILES string of the molecule is C=CCCl.C=CCc1ccc(O)c(CO)c1.OCc1ccccc1O. The van der Waals surface area contributed by atoms with Gasteiger partial charge in [0.15, 0.2) is 0 Å². The van der Waals surface area contributed by atoms with Crippen LogP contribution in [0.1, 0.15) is 16.7 Å². The summed E-state index contributed by atoms with van der Waals surface area (Å²) in [6.45, 7) is 6.72. The Labute approximate surface area is 154 Å². The molecule has 0 saturated carbocycles. The van der Waals surface area contributed by atoms with E-state index in [0.717, 1.165) is 12.0 Å². The Morgan fingerprint density at radius 3 is 1.84 bits per heavy atom. The van der Waals surface area contributed by atoms with Crippen LogP contribution in [0.2, 0.25) is 0 Å². The smallest absolute Gasteiger partial charge is 0.121 e. The van der Waals surface area contributed by atoms with E-state index >= 15 is 0 Å². The van der Waals surface area contributed by atoms with Gasteiger partial charge in [0.1, 0.15) is 11.5 Å². The maximum atomic E-state index is 9.22. The third-order valence-electron chi connectivity index (χ3n) is 2.97. The number of rotatable bonds is 5. The predicted octanol–water partition coefficient (Wildman–Crippen LogP) is 3.91. The van der Waals surface area contributed by atoms with E-state index in [0.29, 0.717) is 17.0 Å². The molecule has 0 heterocycles. The molecule has 0 aliphatic rings. The molecule has 0 radical (unpaired) electrons. The first kappa shape index (κ1) is 22.7. The molecular weight excluding hydrogens is 340 g/mol. The first-order valence-corrected chi connectivity index (χ1v) is 8.14. The maximum absolute atomic E-state index is 9.22. The van der Waals surface area contributed by atoms with Gasteiger partial charge in [-0.15, -0.1) is 24.8 Å². The molecule has 0 aliphatic heterocycles. The van der Waals surface area contributed by atoms with Crippen LogP contribution in [0.5, 0.6) is 11.5 Å². The molecule has 0 spiro atoms. The lowest BCUT2D eigenvalue weighted by Gasteiger charge is -2.02. The van der Waals surface area contributed by atoms with Crippen molar-refractivity contribution in [1.82, 2.24) is 0 Å². The zero-order valence-electron chi connectivity index (χ0n) is 14.1. The van der Waals surface area contributed by atoms with Gasteiger partial charge in [-0.25, -0.2) is 0 Å². The van der Waals surface area contributed by atoms with Gasteiger partial charge in [0.25, 0.3) is 0 Å². The fourth-order valence-electron chi connectivity index (χ4n) is 1.70. The van der Waals surface area contributed by atoms with Crippen molar-refractivity contribution in [3.8, 4) is 11.5 Å². The highest BCUT2D eigenvalue weighted by Crippen LogP contribution is 2.18. The second-order valence-electron chi connectivity index (χ2n) is 4.84. The minimum absolute atomic E-state index is 0.104. The van der Waals surface area contributed by atoms with Crippen LogP contribution >= 0.6 is 11.6 Å². The Hall–Kier alpha value is -2.27. The van der Waals surface area contributed by atoms with Gasteiger partial charge in [-0.3, -0.25) is 0 Å². The Morgan fingerprint density at radius 2 is 1.40 bits per heavy atom. The molecule has 0 aliphatic carbocycles. The van der Waals surface area contributed by atoms with Gasteiger partial charge in [0.2, 0.25) is 0 Å². The molecule has 0 aromatic heterocycles. The minimum atomic E-state index is -0.128. The summed E-state index contributed by atoms with van der Waals surface area (Å²) >= 11 is 5.07. The normalized spacial score (nSPS) is 9.08. The summed E-state index contributed by atoms with van der Waals surface area (Å²) in [5, 5.41) is 35.6. The number of halogens is 1. The van der Waals surface area contributed by atoms with Gasteiger partial charge in [-0.05, 0) is 30.2 Å². The van der Waals surface area contributed by atoms with Gasteiger partial charge in [-0.1, -0.05) is 36.4 Å². The number of phenols is 2. The highest BCUT2D eigenvalue weighted by Gasteiger charge is 1.99. The molecular formula is C20H25ClO4. The topological polar surface area (TPSA) is 80.9 Å². The first-order valence-electron chi connectivity index (χ1n) is 7.61. The summed E-state index contributed by atoms with van der Waals surface area (Å²) in [5.74, 6) is 0.852. The van der Waals surface area contributed by atoms with Crippen LogP contribution < -0.4 is 0 Å². The number of aromatic hydroxyl groups is 2. The molecule has 136 valence electrons. The van der Waals surface area contributed by atoms with Crippen LogP contribution in [0.3, 0.4) is 0 Å². The van der Waals surface area contributed by atoms with E-state index in [2.05, 4.69) is 13.2 Å². The Balaban J connectivity index is 0.000000391. The Kier molecular flexibility index (Phi) is 12.8. The standard InChI is InChI=1S/C10H12O2.C7H8O2.C3H5Cl/c1-2-3-8-4-5-10(12)9(6-8)7-11;8-5-6-3-1-2-4-7(6)9;1-2-3-4/h2,4-6,11-12H,1,3,7H2;1-4,8-9H,5H2;2H,1,3H2. The number of para-hydroxylation sites is 1. The van der Waals surface area contributed by atoms with Crippen molar-refractivity contribution in [2.45, 2.75) is 19.6 Å². The molecule has 0 unspecified atom stereocenters. The van der Waals surface area contributed by atoms with Gasteiger partial charge in [0.05, 0.1) is 13.2 Å². The summed E-state index contributed by atoms with van der Waals surface area (Å²) in [6.07, 6.45) is 4.18. The lowest BCUT2D eigenvalue weighted by atomic mass is 10.1. The van der Waals surface area contributed by atoms with Gasteiger partial charge in [0, 0.05) is 17.0 Å². The second kappa shape index (κ2) is 14.1. The number of allylic oxidation sites excluding steroid dienone is 2. The van der Waals surface area contributed by atoms with E-state index in [1.54, 1.807) is 48.6 Å². The Morgan fingerprint density at radius 1 is 0.840 bits per heavy atom. The minimum Gasteiger partial charge on any atom is -0.508 e. The average molecular weight is 365 g/mol. The summed E-state index contributed by atoms with van der Waals surface area (Å²) in [6, 6.07) is 11.9. The number of hydrogen-bond acceptors (Lipinski definition) is 4. The molecule has 0 amide bonds. The number of hydrogen-bond donors (Lipinski definition) is 4. The summed E-state index contributed by atoms with van der Waals surface area (Å²) in [4.78, 5) is 0. The summed E-state index contributed by atoms with van der Waals surface area (Å²) in [5.41, 5.74) is 2.18. The third kappa shape index (κ3) is 9.57. The first-order chi connectivity index (χ1) is 12.0. The average Bonchev–Trinajstić information content (AvgIpc) is 2.64. The molecule has 0 saturated heterocycles. The largest absolute Gasteiger partial charge is 0.508 e. The molecule has 2 aromatic carbocycles. The molecule has 2 aromatic rings. The third-order valence-corrected chi connectivity index (χ3v) is 3.18. The lowest BCUT2D eigenvalue weighted by Crippen LogP contribution is -1.87. The number of benzene rings is 2. The lowest BCUT2D eigenvalue weighted by molar-refractivity contribution is 0.275. The molecule has 2 rings (SSSR count). The fraction of sp³-hybridized carbons (Fsp3) is 0.200. The van der Waals surface area contributed by atoms with Crippen LogP contribution in [0, 0.1) is 0 Å². The van der Waals surface area contributed by atoms with Crippen molar-refractivity contribution in [1.29, 1.82) is 0 Å². The van der Waals surface area contributed by atoms with Crippen molar-refractivity contribution < 1.29 is 20.4 Å². The highest BCUT2D eigenvalue weighted by molar-refractivity contribution is 6.18. The molecule has 5 heteroatoms. The second-order valence-corrected chi connectivity index (χ2v) is 5.15. The van der Waals surface area contributed by atoms with Crippen molar-refractivity contribution in [2.75, 3.05) is 5.88 Å². The number of aliphatic hydroxyl groups excluding tert-OH is 2. The van der Waals surface area contributed by atoms with Crippen LogP contribution in [-0.2, 0) is 19.6 Å². The highest BCUT2D eigenvalue weighted by atomic mass is 35.5. The van der Waals surface area contributed by atoms with Gasteiger partial charge in [-0.2, -0.15) is 0 Å². The van der Waals surface area contributed by atoms with E-state index in [-0.39, 0.29) is 24.7 Å². The van der Waals surface area contributed by atoms with Crippen LogP contribution in [0.15, 0.2) is 67.8 Å². The molecule has 4 N–H and O–H groups in total. The van der Waals surface area contributed by atoms with E-state index < -0.39 is 0 Å². The maximum Gasteiger partial charge on any atom is 0.121 e. The number of aliphatic hydroxyl groups is 2. The molecule has 0 bridgehead atoms. The van der Waals surface area contributed by atoms with E-state index in [4.69, 9.17) is 26.9 Å². The van der Waals surface area contributed by atoms with Gasteiger partial charge < -0.3 is 20.4 Å². The van der Waals surface area contributed by atoms with E-state index in [9.17, 15) is 5.11 Å². The summed E-state index contributed by atoms with van der Waals surface area (Å²) < 4.78 is 0. The zero-order chi connectivity index (χ0) is 19.1. The molecule has 0 fully saturated rings. The van der Waals surface area contributed by atoms with Crippen molar-refractivity contribution in [3.05, 3.63) is 84.5 Å². The zero-order valence-corrected chi connectivity index (χ0v) is 14.9. The fourth-order valence-corrected chi connectivity index (χ4v) is 1.70.